The molecule has 2 aromatic rings. The number of hydrogen-bond donors (Lipinski definition) is 1. The molecule has 5 nitrogen and oxygen atoms in total. The van der Waals surface area contributed by atoms with E-state index in [0.717, 1.165) is 11.4 Å². The van der Waals surface area contributed by atoms with Gasteiger partial charge in [-0.1, -0.05) is 12.1 Å². The lowest BCUT2D eigenvalue weighted by Gasteiger charge is -2.30. The van der Waals surface area contributed by atoms with Crippen LogP contribution in [0, 0.1) is 0 Å². The minimum Gasteiger partial charge on any atom is -0.490 e. The first-order valence-corrected chi connectivity index (χ1v) is 6.87. The van der Waals surface area contributed by atoms with Crippen LogP contribution in [0.3, 0.4) is 0 Å². The number of thiazole rings is 1. The van der Waals surface area contributed by atoms with Crippen molar-refractivity contribution in [3.05, 3.63) is 35.8 Å². The highest BCUT2D eigenvalue weighted by Crippen LogP contribution is 2.30. The highest BCUT2D eigenvalue weighted by Gasteiger charge is 2.19. The van der Waals surface area contributed by atoms with Crippen molar-refractivity contribution < 1.29 is 9.53 Å². The highest BCUT2D eigenvalue weighted by molar-refractivity contribution is 7.13. The molecule has 1 aliphatic heterocycles. The second kappa shape index (κ2) is 5.27. The summed E-state index contributed by atoms with van der Waals surface area (Å²) in [4.78, 5) is 18.0. The van der Waals surface area contributed by atoms with Crippen LogP contribution in [0.2, 0.25) is 0 Å². The molecule has 1 aromatic heterocycles. The SMILES string of the molecule is O=C(CN1CCOc2ccccc21)Nc1nccs1. The molecule has 3 rings (SSSR count). The van der Waals surface area contributed by atoms with E-state index in [1.165, 1.54) is 11.3 Å². The standard InChI is InChI=1S/C13H13N3O2S/c17-12(15-13-14-5-8-19-13)9-16-6-7-18-11-4-2-1-3-10(11)16/h1-5,8H,6-7,9H2,(H,14,15,17). The van der Waals surface area contributed by atoms with Crippen LogP contribution in [0.5, 0.6) is 5.75 Å². The fraction of sp³-hybridized carbons (Fsp3) is 0.231. The van der Waals surface area contributed by atoms with Crippen LogP contribution in [0.4, 0.5) is 10.8 Å². The predicted molar refractivity (Wildman–Crippen MR) is 74.9 cm³/mol. The summed E-state index contributed by atoms with van der Waals surface area (Å²) < 4.78 is 5.56. The van der Waals surface area contributed by atoms with Crippen molar-refractivity contribution in [2.24, 2.45) is 0 Å². The number of ether oxygens (including phenoxy) is 1. The Balaban J connectivity index is 1.69. The molecule has 19 heavy (non-hydrogen) atoms. The smallest absolute Gasteiger partial charge is 0.245 e. The number of para-hydroxylation sites is 2. The summed E-state index contributed by atoms with van der Waals surface area (Å²) in [5.41, 5.74) is 0.961. The summed E-state index contributed by atoms with van der Waals surface area (Å²) in [6.45, 7) is 1.61. The van der Waals surface area contributed by atoms with Crippen LogP contribution in [0.25, 0.3) is 0 Å². The van der Waals surface area contributed by atoms with E-state index in [1.54, 1.807) is 6.20 Å². The molecular weight excluding hydrogens is 262 g/mol. The van der Waals surface area contributed by atoms with Crippen molar-refractivity contribution in [3.8, 4) is 5.75 Å². The van der Waals surface area contributed by atoms with Gasteiger partial charge in [-0.05, 0) is 12.1 Å². The number of rotatable bonds is 3. The van der Waals surface area contributed by atoms with Gasteiger partial charge in [-0.2, -0.15) is 0 Å². The van der Waals surface area contributed by atoms with E-state index >= 15 is 0 Å². The Hall–Kier alpha value is -2.08. The van der Waals surface area contributed by atoms with Gasteiger partial charge in [0.05, 0.1) is 18.8 Å². The van der Waals surface area contributed by atoms with Crippen LogP contribution >= 0.6 is 11.3 Å². The Bertz CT molecular complexity index is 571. The Morgan fingerprint density at radius 1 is 1.47 bits per heavy atom. The first kappa shape index (κ1) is 12.0. The molecule has 1 aromatic carbocycles. The number of carbonyl (C=O) groups excluding carboxylic acids is 1. The van der Waals surface area contributed by atoms with Crippen LogP contribution in [0.1, 0.15) is 0 Å². The molecule has 0 fully saturated rings. The van der Waals surface area contributed by atoms with Crippen molar-refractivity contribution in [1.82, 2.24) is 4.98 Å². The third-order valence-corrected chi connectivity index (χ3v) is 3.53. The van der Waals surface area contributed by atoms with Crippen LogP contribution in [-0.4, -0.2) is 30.6 Å². The van der Waals surface area contributed by atoms with E-state index in [1.807, 2.05) is 34.5 Å². The first-order valence-electron chi connectivity index (χ1n) is 5.99. The number of nitrogens with zero attached hydrogens (tertiary/aromatic N) is 2. The topological polar surface area (TPSA) is 54.5 Å². The molecule has 0 bridgehead atoms. The van der Waals surface area contributed by atoms with Crippen LogP contribution in [0.15, 0.2) is 35.8 Å². The van der Waals surface area contributed by atoms with Gasteiger partial charge in [0.1, 0.15) is 12.4 Å². The quantitative estimate of drug-likeness (QED) is 0.930. The van der Waals surface area contributed by atoms with Crippen molar-refractivity contribution >= 4 is 28.1 Å². The zero-order valence-corrected chi connectivity index (χ0v) is 11.0. The van der Waals surface area contributed by atoms with Crippen LogP contribution in [-0.2, 0) is 4.79 Å². The van der Waals surface area contributed by atoms with E-state index in [-0.39, 0.29) is 5.91 Å². The van der Waals surface area contributed by atoms with Gasteiger partial charge in [-0.15, -0.1) is 11.3 Å². The van der Waals surface area contributed by atoms with Gasteiger partial charge in [0.15, 0.2) is 5.13 Å². The molecule has 0 radical (unpaired) electrons. The summed E-state index contributed by atoms with van der Waals surface area (Å²) >= 11 is 1.41. The molecule has 0 aliphatic carbocycles. The van der Waals surface area contributed by atoms with Crippen molar-refractivity contribution in [1.29, 1.82) is 0 Å². The van der Waals surface area contributed by atoms with Gasteiger partial charge in [0.2, 0.25) is 5.91 Å². The Morgan fingerprint density at radius 2 is 2.37 bits per heavy atom. The maximum atomic E-state index is 12.0. The van der Waals surface area contributed by atoms with E-state index in [2.05, 4.69) is 10.3 Å². The Morgan fingerprint density at radius 3 is 3.21 bits per heavy atom. The second-order valence-corrected chi connectivity index (χ2v) is 5.02. The number of anilines is 2. The molecule has 1 N–H and O–H groups in total. The van der Waals surface area contributed by atoms with E-state index in [4.69, 9.17) is 4.74 Å². The lowest BCUT2D eigenvalue weighted by molar-refractivity contribution is -0.115. The van der Waals surface area contributed by atoms with Gasteiger partial charge in [0, 0.05) is 11.6 Å². The molecule has 0 saturated heterocycles. The maximum Gasteiger partial charge on any atom is 0.245 e. The molecule has 0 spiro atoms. The Kier molecular flexibility index (Phi) is 3.33. The predicted octanol–water partition coefficient (Wildman–Crippen LogP) is 1.98. The maximum absolute atomic E-state index is 12.0. The van der Waals surface area contributed by atoms with Crippen molar-refractivity contribution in [2.45, 2.75) is 0 Å². The monoisotopic (exact) mass is 275 g/mol. The third-order valence-electron chi connectivity index (χ3n) is 2.84. The summed E-state index contributed by atoms with van der Waals surface area (Å²) in [6, 6.07) is 7.75. The number of benzene rings is 1. The van der Waals surface area contributed by atoms with Crippen molar-refractivity contribution in [3.63, 3.8) is 0 Å². The van der Waals surface area contributed by atoms with E-state index in [9.17, 15) is 4.79 Å². The molecule has 6 heteroatoms. The summed E-state index contributed by atoms with van der Waals surface area (Å²) in [6.07, 6.45) is 1.67. The number of amides is 1. The minimum absolute atomic E-state index is 0.0633. The zero-order valence-electron chi connectivity index (χ0n) is 10.2. The summed E-state index contributed by atoms with van der Waals surface area (Å²) in [7, 11) is 0. The highest BCUT2D eigenvalue weighted by atomic mass is 32.1. The fourth-order valence-corrected chi connectivity index (χ4v) is 2.55. The van der Waals surface area contributed by atoms with Gasteiger partial charge in [0.25, 0.3) is 0 Å². The van der Waals surface area contributed by atoms with Crippen LogP contribution < -0.4 is 15.0 Å². The number of aromatic nitrogens is 1. The summed E-state index contributed by atoms with van der Waals surface area (Å²) in [5, 5.41) is 5.25. The molecule has 98 valence electrons. The van der Waals surface area contributed by atoms with E-state index in [0.29, 0.717) is 24.8 Å². The first-order chi connectivity index (χ1) is 9.33. The molecule has 1 aliphatic rings. The van der Waals surface area contributed by atoms with E-state index < -0.39 is 0 Å². The lowest BCUT2D eigenvalue weighted by Crippen LogP contribution is -2.38. The van der Waals surface area contributed by atoms with Gasteiger partial charge in [-0.3, -0.25) is 4.79 Å². The average Bonchev–Trinajstić information content (AvgIpc) is 2.92. The molecule has 0 atom stereocenters. The molecule has 2 heterocycles. The third kappa shape index (κ3) is 2.68. The van der Waals surface area contributed by atoms with Gasteiger partial charge < -0.3 is 15.0 Å². The normalized spacial score (nSPS) is 13.6. The average molecular weight is 275 g/mol. The van der Waals surface area contributed by atoms with Crippen molar-refractivity contribution in [2.75, 3.05) is 29.9 Å². The Labute approximate surface area is 114 Å². The summed E-state index contributed by atoms with van der Waals surface area (Å²) in [5.74, 6) is 0.766. The number of nitrogens with one attached hydrogen (secondary N) is 1. The molecular formula is C13H13N3O2S. The largest absolute Gasteiger partial charge is 0.490 e. The van der Waals surface area contributed by atoms with Gasteiger partial charge in [-0.25, -0.2) is 4.98 Å². The zero-order chi connectivity index (χ0) is 13.1. The number of carbonyl (C=O) groups is 1. The lowest BCUT2D eigenvalue weighted by atomic mass is 10.2. The fourth-order valence-electron chi connectivity index (χ4n) is 2.01. The molecule has 0 saturated carbocycles. The minimum atomic E-state index is -0.0633. The van der Waals surface area contributed by atoms with Gasteiger partial charge >= 0.3 is 0 Å². The molecule has 1 amide bonds. The second-order valence-electron chi connectivity index (χ2n) is 4.12. The number of hydrogen-bond acceptors (Lipinski definition) is 5. The molecule has 0 unspecified atom stereocenters. The number of fused-ring (bicyclic) bond motifs is 1.